The van der Waals surface area contributed by atoms with Crippen LogP contribution in [0.4, 0.5) is 0 Å². The molecule has 0 bridgehead atoms. The summed E-state index contributed by atoms with van der Waals surface area (Å²) < 4.78 is 9.92. The molecule has 0 aliphatic carbocycles. The van der Waals surface area contributed by atoms with E-state index < -0.39 is 6.29 Å². The van der Waals surface area contributed by atoms with Gasteiger partial charge in [-0.15, -0.1) is 0 Å². The van der Waals surface area contributed by atoms with Crippen molar-refractivity contribution in [3.05, 3.63) is 0 Å². The normalized spacial score (nSPS) is 16.8. The number of hydrogen-bond donors (Lipinski definition) is 1. The Kier molecular flexibility index (Phi) is 5.58. The number of methoxy groups -OCH3 is 1. The summed E-state index contributed by atoms with van der Waals surface area (Å²) in [5.41, 5.74) is 0. The second-order valence-corrected chi connectivity index (χ2v) is 2.07. The Hall–Kier alpha value is -0.120. The lowest BCUT2D eigenvalue weighted by molar-refractivity contribution is -0.219. The van der Waals surface area contributed by atoms with E-state index in [0.717, 1.165) is 6.42 Å². The van der Waals surface area contributed by atoms with Crippen LogP contribution in [0.1, 0.15) is 26.7 Å². The van der Waals surface area contributed by atoms with Gasteiger partial charge >= 0.3 is 0 Å². The van der Waals surface area contributed by atoms with Gasteiger partial charge in [0.2, 0.25) is 0 Å². The summed E-state index contributed by atoms with van der Waals surface area (Å²) in [5.74, 6) is 0. The molecule has 0 aliphatic rings. The lowest BCUT2D eigenvalue weighted by Crippen LogP contribution is -2.22. The summed E-state index contributed by atoms with van der Waals surface area (Å²) in [5, 5.41) is 8.99. The molecule has 0 fully saturated rings. The number of ether oxygens (including phenoxy) is 2. The molecule has 3 heteroatoms. The van der Waals surface area contributed by atoms with E-state index in [9.17, 15) is 0 Å². The van der Waals surface area contributed by atoms with Crippen molar-refractivity contribution in [2.75, 3.05) is 7.11 Å². The summed E-state index contributed by atoms with van der Waals surface area (Å²) in [6.07, 6.45) is 0.396. The van der Waals surface area contributed by atoms with E-state index in [1.54, 1.807) is 7.11 Å². The van der Waals surface area contributed by atoms with E-state index in [4.69, 9.17) is 14.6 Å². The molecular formula is C7H16O3. The maximum atomic E-state index is 8.99. The molecule has 0 rings (SSSR count). The molecule has 3 nitrogen and oxygen atoms in total. The van der Waals surface area contributed by atoms with Gasteiger partial charge in [0.25, 0.3) is 0 Å². The van der Waals surface area contributed by atoms with Gasteiger partial charge in [-0.25, -0.2) is 0 Å². The first-order valence-corrected chi connectivity index (χ1v) is 3.60. The van der Waals surface area contributed by atoms with E-state index >= 15 is 0 Å². The maximum absolute atomic E-state index is 8.99. The first-order chi connectivity index (χ1) is 4.74. The molecule has 0 saturated carbocycles. The molecule has 0 aliphatic heterocycles. The lowest BCUT2D eigenvalue weighted by atomic mass is 10.4. The number of rotatable bonds is 5. The van der Waals surface area contributed by atoms with E-state index in [0.29, 0.717) is 6.42 Å². The largest absolute Gasteiger partial charge is 0.368 e. The van der Waals surface area contributed by atoms with E-state index in [1.165, 1.54) is 0 Å². The van der Waals surface area contributed by atoms with Gasteiger partial charge in [-0.1, -0.05) is 13.8 Å². The van der Waals surface area contributed by atoms with Gasteiger partial charge in [0.1, 0.15) is 0 Å². The third-order valence-electron chi connectivity index (χ3n) is 1.25. The fourth-order valence-electron chi connectivity index (χ4n) is 0.590. The van der Waals surface area contributed by atoms with Gasteiger partial charge in [0.05, 0.1) is 0 Å². The van der Waals surface area contributed by atoms with Gasteiger partial charge in [-0.3, -0.25) is 0 Å². The first kappa shape index (κ1) is 9.88. The monoisotopic (exact) mass is 148 g/mol. The van der Waals surface area contributed by atoms with Crippen LogP contribution in [0.5, 0.6) is 0 Å². The predicted molar refractivity (Wildman–Crippen MR) is 38.5 cm³/mol. The Morgan fingerprint density at radius 1 is 1.30 bits per heavy atom. The van der Waals surface area contributed by atoms with Crippen LogP contribution in [0.3, 0.4) is 0 Å². The van der Waals surface area contributed by atoms with Gasteiger partial charge in [0, 0.05) is 7.11 Å². The predicted octanol–water partition coefficient (Wildman–Crippen LogP) is 1.11. The third kappa shape index (κ3) is 3.82. The summed E-state index contributed by atoms with van der Waals surface area (Å²) >= 11 is 0. The Bertz CT molecular complexity index is 71.3. The van der Waals surface area contributed by atoms with Gasteiger partial charge in [0.15, 0.2) is 12.6 Å². The van der Waals surface area contributed by atoms with Gasteiger partial charge < -0.3 is 14.6 Å². The topological polar surface area (TPSA) is 38.7 Å². The van der Waals surface area contributed by atoms with E-state index in [-0.39, 0.29) is 6.29 Å². The molecule has 0 amide bonds. The Morgan fingerprint density at radius 3 is 2.20 bits per heavy atom. The third-order valence-corrected chi connectivity index (χ3v) is 1.25. The highest BCUT2D eigenvalue weighted by molar-refractivity contribution is 4.40. The van der Waals surface area contributed by atoms with Crippen molar-refractivity contribution < 1.29 is 14.6 Å². The quantitative estimate of drug-likeness (QED) is 0.594. The summed E-state index contributed by atoms with van der Waals surface area (Å²) in [6, 6.07) is 0. The van der Waals surface area contributed by atoms with Crippen LogP contribution in [0.2, 0.25) is 0 Å². The van der Waals surface area contributed by atoms with Crippen LogP contribution in [-0.2, 0) is 9.47 Å². The van der Waals surface area contributed by atoms with Crippen molar-refractivity contribution in [2.45, 2.75) is 39.3 Å². The molecule has 0 aromatic rings. The highest BCUT2D eigenvalue weighted by atomic mass is 16.7. The van der Waals surface area contributed by atoms with Crippen molar-refractivity contribution in [2.24, 2.45) is 0 Å². The average Bonchev–Trinajstić information content (AvgIpc) is 1.99. The smallest absolute Gasteiger partial charge is 0.160 e. The zero-order valence-electron chi connectivity index (χ0n) is 6.83. The summed E-state index contributed by atoms with van der Waals surface area (Å²) in [4.78, 5) is 0. The molecule has 2 unspecified atom stereocenters. The lowest BCUT2D eigenvalue weighted by Gasteiger charge is -2.17. The minimum absolute atomic E-state index is 0.269. The van der Waals surface area contributed by atoms with E-state index in [1.807, 2.05) is 13.8 Å². The van der Waals surface area contributed by atoms with Crippen LogP contribution < -0.4 is 0 Å². The minimum Gasteiger partial charge on any atom is -0.368 e. The van der Waals surface area contributed by atoms with Crippen molar-refractivity contribution in [3.8, 4) is 0 Å². The zero-order chi connectivity index (χ0) is 7.98. The van der Waals surface area contributed by atoms with Crippen molar-refractivity contribution in [1.82, 2.24) is 0 Å². The second kappa shape index (κ2) is 5.65. The molecular weight excluding hydrogens is 132 g/mol. The van der Waals surface area contributed by atoms with Crippen LogP contribution in [0.15, 0.2) is 0 Å². The molecule has 0 heterocycles. The van der Waals surface area contributed by atoms with Gasteiger partial charge in [-0.05, 0) is 12.8 Å². The maximum Gasteiger partial charge on any atom is 0.160 e. The fourth-order valence-corrected chi connectivity index (χ4v) is 0.590. The Labute approximate surface area is 62.0 Å². The van der Waals surface area contributed by atoms with Crippen molar-refractivity contribution in [3.63, 3.8) is 0 Å². The van der Waals surface area contributed by atoms with Crippen LogP contribution in [0, 0.1) is 0 Å². The Balaban J connectivity index is 3.41. The van der Waals surface area contributed by atoms with Gasteiger partial charge in [-0.2, -0.15) is 0 Å². The molecule has 0 aromatic carbocycles. The first-order valence-electron chi connectivity index (χ1n) is 3.60. The second-order valence-electron chi connectivity index (χ2n) is 2.07. The number of aliphatic hydroxyl groups excluding tert-OH is 1. The SMILES string of the molecule is CCC(O)OC(CC)OC. The Morgan fingerprint density at radius 2 is 1.90 bits per heavy atom. The van der Waals surface area contributed by atoms with Crippen LogP contribution >= 0.6 is 0 Å². The zero-order valence-corrected chi connectivity index (χ0v) is 6.83. The number of aliphatic hydroxyl groups is 1. The standard InChI is InChI=1S/C7H16O3/c1-4-6(8)10-7(5-2)9-3/h6-8H,4-5H2,1-3H3. The molecule has 1 N–H and O–H groups in total. The molecule has 0 radical (unpaired) electrons. The molecule has 10 heavy (non-hydrogen) atoms. The molecule has 2 atom stereocenters. The number of hydrogen-bond acceptors (Lipinski definition) is 3. The summed E-state index contributed by atoms with van der Waals surface area (Å²) in [7, 11) is 1.57. The molecule has 0 spiro atoms. The van der Waals surface area contributed by atoms with E-state index in [2.05, 4.69) is 0 Å². The average molecular weight is 148 g/mol. The fraction of sp³-hybridized carbons (Fsp3) is 1.00. The summed E-state index contributed by atoms with van der Waals surface area (Å²) in [6.45, 7) is 3.80. The van der Waals surface area contributed by atoms with Crippen LogP contribution in [-0.4, -0.2) is 24.8 Å². The minimum atomic E-state index is -0.690. The highest BCUT2D eigenvalue weighted by Crippen LogP contribution is 2.03. The van der Waals surface area contributed by atoms with Crippen molar-refractivity contribution >= 4 is 0 Å². The molecule has 0 saturated heterocycles. The van der Waals surface area contributed by atoms with Crippen LogP contribution in [0.25, 0.3) is 0 Å². The van der Waals surface area contributed by atoms with Crippen molar-refractivity contribution in [1.29, 1.82) is 0 Å². The highest BCUT2D eigenvalue weighted by Gasteiger charge is 2.08. The molecule has 62 valence electrons. The molecule has 0 aromatic heterocycles.